The van der Waals surface area contributed by atoms with Crippen molar-refractivity contribution in [2.75, 3.05) is 0 Å². The molecule has 1 nitrogen and oxygen atoms in total. The molecule has 0 heterocycles. The SMILES string of the molecule is O=C1C=Cc2cccc(c2)-c2cccc1c2. The van der Waals surface area contributed by atoms with Gasteiger partial charge in [0, 0.05) is 5.56 Å². The lowest BCUT2D eigenvalue weighted by molar-refractivity contribution is 0.104. The first kappa shape index (κ1) is 9.10. The Balaban J connectivity index is 2.33. The van der Waals surface area contributed by atoms with Crippen LogP contribution >= 0.6 is 0 Å². The molecule has 4 bridgehead atoms. The Hall–Kier alpha value is -2.15. The van der Waals surface area contributed by atoms with Gasteiger partial charge in [-0.15, -0.1) is 0 Å². The van der Waals surface area contributed by atoms with Gasteiger partial charge in [0.15, 0.2) is 5.78 Å². The van der Waals surface area contributed by atoms with E-state index in [1.54, 1.807) is 6.08 Å². The van der Waals surface area contributed by atoms with Crippen LogP contribution in [-0.2, 0) is 0 Å². The molecular weight excluding hydrogens is 196 g/mol. The van der Waals surface area contributed by atoms with Crippen molar-refractivity contribution in [1.82, 2.24) is 0 Å². The minimum atomic E-state index is 0.0595. The maximum Gasteiger partial charge on any atom is 0.185 e. The summed E-state index contributed by atoms with van der Waals surface area (Å²) in [6.07, 6.45) is 3.49. The molecule has 1 aliphatic carbocycles. The van der Waals surface area contributed by atoms with E-state index in [2.05, 4.69) is 12.1 Å². The number of hydrogen-bond donors (Lipinski definition) is 0. The van der Waals surface area contributed by atoms with E-state index in [1.807, 2.05) is 42.5 Å². The first-order valence-corrected chi connectivity index (χ1v) is 5.26. The van der Waals surface area contributed by atoms with E-state index in [0.717, 1.165) is 22.3 Å². The van der Waals surface area contributed by atoms with Crippen molar-refractivity contribution >= 4 is 11.9 Å². The molecule has 0 unspecified atom stereocenters. The molecule has 0 radical (unpaired) electrons. The zero-order valence-corrected chi connectivity index (χ0v) is 8.68. The third-order valence-corrected chi connectivity index (χ3v) is 2.79. The van der Waals surface area contributed by atoms with E-state index in [9.17, 15) is 4.79 Å². The summed E-state index contributed by atoms with van der Waals surface area (Å²) >= 11 is 0. The van der Waals surface area contributed by atoms with Crippen LogP contribution in [0.15, 0.2) is 54.6 Å². The highest BCUT2D eigenvalue weighted by Gasteiger charge is 2.06. The molecule has 16 heavy (non-hydrogen) atoms. The van der Waals surface area contributed by atoms with Crippen LogP contribution in [-0.4, -0.2) is 5.78 Å². The predicted molar refractivity (Wildman–Crippen MR) is 65.2 cm³/mol. The van der Waals surface area contributed by atoms with Gasteiger partial charge in [0.05, 0.1) is 0 Å². The second-order valence-electron chi connectivity index (χ2n) is 3.90. The van der Waals surface area contributed by atoms with Gasteiger partial charge in [-0.2, -0.15) is 0 Å². The molecule has 0 atom stereocenters. The fraction of sp³-hybridized carbons (Fsp3) is 0. The molecule has 2 aromatic carbocycles. The molecule has 0 amide bonds. The Morgan fingerprint density at radius 3 is 2.25 bits per heavy atom. The van der Waals surface area contributed by atoms with Gasteiger partial charge >= 0.3 is 0 Å². The van der Waals surface area contributed by atoms with Crippen molar-refractivity contribution in [3.63, 3.8) is 0 Å². The number of fused-ring (bicyclic) bond motifs is 5. The van der Waals surface area contributed by atoms with Crippen molar-refractivity contribution < 1.29 is 4.79 Å². The number of benzene rings is 2. The quantitative estimate of drug-likeness (QED) is 0.644. The van der Waals surface area contributed by atoms with E-state index >= 15 is 0 Å². The molecule has 3 rings (SSSR count). The Bertz CT molecular complexity index is 594. The molecule has 1 heteroatoms. The number of carbonyl (C=O) groups excluding carboxylic acids is 1. The third-order valence-electron chi connectivity index (χ3n) is 2.79. The van der Waals surface area contributed by atoms with Crippen molar-refractivity contribution in [2.45, 2.75) is 0 Å². The van der Waals surface area contributed by atoms with Crippen LogP contribution in [0.25, 0.3) is 17.2 Å². The summed E-state index contributed by atoms with van der Waals surface area (Å²) in [5.74, 6) is 0.0595. The molecule has 76 valence electrons. The molecule has 0 spiro atoms. The fourth-order valence-corrected chi connectivity index (χ4v) is 1.94. The normalized spacial score (nSPS) is 12.9. The van der Waals surface area contributed by atoms with Gasteiger partial charge in [-0.1, -0.05) is 42.5 Å². The van der Waals surface area contributed by atoms with Crippen molar-refractivity contribution in [1.29, 1.82) is 0 Å². The second kappa shape index (κ2) is 3.46. The van der Waals surface area contributed by atoms with E-state index in [1.165, 1.54) is 0 Å². The maximum absolute atomic E-state index is 11.8. The molecule has 1 aliphatic rings. The van der Waals surface area contributed by atoms with Crippen LogP contribution in [0.2, 0.25) is 0 Å². The van der Waals surface area contributed by atoms with Gasteiger partial charge < -0.3 is 0 Å². The topological polar surface area (TPSA) is 17.1 Å². The van der Waals surface area contributed by atoms with Crippen LogP contribution in [0.3, 0.4) is 0 Å². The van der Waals surface area contributed by atoms with Gasteiger partial charge in [0.1, 0.15) is 0 Å². The first-order chi connectivity index (χ1) is 7.83. The van der Waals surface area contributed by atoms with Gasteiger partial charge in [-0.05, 0) is 34.9 Å². The second-order valence-corrected chi connectivity index (χ2v) is 3.90. The Morgan fingerprint density at radius 2 is 1.38 bits per heavy atom. The molecule has 0 saturated carbocycles. The molecule has 0 aromatic heterocycles. The minimum absolute atomic E-state index is 0.0595. The summed E-state index contributed by atoms with van der Waals surface area (Å²) < 4.78 is 0. The van der Waals surface area contributed by atoms with Crippen LogP contribution in [0.4, 0.5) is 0 Å². The molecule has 0 saturated heterocycles. The highest BCUT2D eigenvalue weighted by Crippen LogP contribution is 2.24. The van der Waals surface area contributed by atoms with Crippen molar-refractivity contribution in [2.24, 2.45) is 0 Å². The molecule has 0 N–H and O–H groups in total. The van der Waals surface area contributed by atoms with Crippen LogP contribution < -0.4 is 0 Å². The summed E-state index contributed by atoms with van der Waals surface area (Å²) in [6, 6.07) is 15.9. The lowest BCUT2D eigenvalue weighted by atomic mass is 10.0. The number of ketones is 1. The van der Waals surface area contributed by atoms with Crippen LogP contribution in [0.5, 0.6) is 0 Å². The number of allylic oxidation sites excluding steroid dienone is 1. The predicted octanol–water partition coefficient (Wildman–Crippen LogP) is 3.56. The largest absolute Gasteiger partial charge is 0.289 e. The van der Waals surface area contributed by atoms with Gasteiger partial charge in [0.2, 0.25) is 0 Å². The minimum Gasteiger partial charge on any atom is -0.289 e. The van der Waals surface area contributed by atoms with E-state index < -0.39 is 0 Å². The number of rotatable bonds is 0. The van der Waals surface area contributed by atoms with Crippen LogP contribution in [0, 0.1) is 0 Å². The lowest BCUT2D eigenvalue weighted by Crippen LogP contribution is -1.93. The zero-order valence-electron chi connectivity index (χ0n) is 8.68. The summed E-state index contributed by atoms with van der Waals surface area (Å²) in [4.78, 5) is 11.8. The Morgan fingerprint density at radius 1 is 0.688 bits per heavy atom. The summed E-state index contributed by atoms with van der Waals surface area (Å²) in [5, 5.41) is 0. The summed E-state index contributed by atoms with van der Waals surface area (Å²) in [5.41, 5.74) is 4.06. The van der Waals surface area contributed by atoms with E-state index in [4.69, 9.17) is 0 Å². The average Bonchev–Trinajstić information content (AvgIpc) is 2.38. The highest BCUT2D eigenvalue weighted by molar-refractivity contribution is 6.07. The van der Waals surface area contributed by atoms with Gasteiger partial charge in [-0.25, -0.2) is 0 Å². The fourth-order valence-electron chi connectivity index (χ4n) is 1.94. The van der Waals surface area contributed by atoms with Gasteiger partial charge in [-0.3, -0.25) is 4.79 Å². The standard InChI is InChI=1S/C15H10O/c16-15-8-7-11-3-1-4-12(9-11)13-5-2-6-14(15)10-13/h1-10H. The van der Waals surface area contributed by atoms with E-state index in [0.29, 0.717) is 0 Å². The smallest absolute Gasteiger partial charge is 0.185 e. The summed E-state index contributed by atoms with van der Waals surface area (Å²) in [7, 11) is 0. The third kappa shape index (κ3) is 1.47. The summed E-state index contributed by atoms with van der Waals surface area (Å²) in [6.45, 7) is 0. The lowest BCUT2D eigenvalue weighted by Gasteiger charge is -2.03. The molecule has 0 aliphatic heterocycles. The molecule has 0 fully saturated rings. The molecule has 2 aromatic rings. The Labute approximate surface area is 94.0 Å². The Kier molecular flexibility index (Phi) is 1.97. The molecular formula is C15H10O. The highest BCUT2D eigenvalue weighted by atomic mass is 16.1. The number of carbonyl (C=O) groups is 1. The van der Waals surface area contributed by atoms with Gasteiger partial charge in [0.25, 0.3) is 0 Å². The number of hydrogen-bond acceptors (Lipinski definition) is 1. The first-order valence-electron chi connectivity index (χ1n) is 5.26. The monoisotopic (exact) mass is 206 g/mol. The van der Waals surface area contributed by atoms with E-state index in [-0.39, 0.29) is 5.78 Å². The zero-order chi connectivity index (χ0) is 11.0. The van der Waals surface area contributed by atoms with Crippen LogP contribution in [0.1, 0.15) is 15.9 Å². The average molecular weight is 206 g/mol. The maximum atomic E-state index is 11.8. The van der Waals surface area contributed by atoms with Crippen molar-refractivity contribution in [3.8, 4) is 11.1 Å². The van der Waals surface area contributed by atoms with Crippen molar-refractivity contribution in [3.05, 3.63) is 65.7 Å².